The summed E-state index contributed by atoms with van der Waals surface area (Å²) in [6.45, 7) is 0. The Morgan fingerprint density at radius 3 is 2.36 bits per heavy atom. The van der Waals surface area contributed by atoms with E-state index >= 15 is 0 Å². The molecule has 0 bridgehead atoms. The van der Waals surface area contributed by atoms with Crippen LogP contribution in [-0.2, 0) is 4.79 Å². The van der Waals surface area contributed by atoms with E-state index in [9.17, 15) is 9.59 Å². The number of nitrogens with one attached hydrogen (secondary N) is 1. The average molecular weight is 446 g/mol. The second-order valence-corrected chi connectivity index (χ2v) is 9.50. The Morgan fingerprint density at radius 1 is 1.00 bits per heavy atom. The zero-order valence-corrected chi connectivity index (χ0v) is 18.4. The average Bonchev–Trinajstić information content (AvgIpc) is 3.30. The summed E-state index contributed by atoms with van der Waals surface area (Å²) in [5.41, 5.74) is 3.12. The van der Waals surface area contributed by atoms with Crippen LogP contribution in [0.1, 0.15) is 67.1 Å². The van der Waals surface area contributed by atoms with Crippen LogP contribution in [0.2, 0.25) is 0 Å². The van der Waals surface area contributed by atoms with Crippen molar-refractivity contribution in [2.75, 3.05) is 5.32 Å². The van der Waals surface area contributed by atoms with Gasteiger partial charge in [-0.2, -0.15) is 0 Å². The first-order chi connectivity index (χ1) is 16.0. The van der Waals surface area contributed by atoms with E-state index in [0.717, 1.165) is 31.2 Å². The molecule has 1 aromatic heterocycles. The van der Waals surface area contributed by atoms with Crippen LogP contribution in [-0.4, -0.2) is 27.2 Å². The van der Waals surface area contributed by atoms with Gasteiger partial charge in [0, 0.05) is 17.7 Å². The number of carboxylic acid groups (broad SMARTS) is 1. The van der Waals surface area contributed by atoms with Gasteiger partial charge in [0.15, 0.2) is 0 Å². The van der Waals surface area contributed by atoms with Gasteiger partial charge in [0.1, 0.15) is 0 Å². The van der Waals surface area contributed by atoms with Crippen LogP contribution in [0.4, 0.5) is 5.69 Å². The normalized spacial score (nSPS) is 24.2. The van der Waals surface area contributed by atoms with Crippen LogP contribution in [0.5, 0.6) is 0 Å². The summed E-state index contributed by atoms with van der Waals surface area (Å²) in [5.74, 6) is 0.0151. The number of nitrogens with zero attached hydrogens (tertiary/aromatic N) is 2. The van der Waals surface area contributed by atoms with Crippen LogP contribution >= 0.6 is 0 Å². The van der Waals surface area contributed by atoms with Crippen LogP contribution in [0.15, 0.2) is 59.0 Å². The fraction of sp³-hybridized carbons (Fsp3) is 0.385. The van der Waals surface area contributed by atoms with Gasteiger partial charge >= 0.3 is 17.8 Å². The van der Waals surface area contributed by atoms with Gasteiger partial charge in [0.2, 0.25) is 5.89 Å². The summed E-state index contributed by atoms with van der Waals surface area (Å²) in [4.78, 5) is 23.4. The molecule has 1 heterocycles. The maximum absolute atomic E-state index is 12.5. The number of aromatic nitrogens is 2. The molecule has 0 atom stereocenters. The molecule has 7 heteroatoms. The van der Waals surface area contributed by atoms with Crippen LogP contribution in [0.3, 0.4) is 0 Å². The Bertz CT molecular complexity index is 1120. The van der Waals surface area contributed by atoms with E-state index in [1.54, 1.807) is 0 Å². The minimum Gasteiger partial charge on any atom is -0.481 e. The summed E-state index contributed by atoms with van der Waals surface area (Å²) in [6, 6.07) is 17.3. The Labute approximate surface area is 192 Å². The number of aliphatic carboxylic acids is 1. The lowest BCUT2D eigenvalue weighted by atomic mass is 9.53. The van der Waals surface area contributed by atoms with E-state index in [1.807, 2.05) is 42.5 Å². The minimum atomic E-state index is -0.675. The fourth-order valence-electron chi connectivity index (χ4n) is 5.56. The number of rotatable bonds is 6. The number of benzene rings is 2. The monoisotopic (exact) mass is 445 g/mol. The van der Waals surface area contributed by atoms with E-state index in [1.165, 1.54) is 18.4 Å². The number of anilines is 1. The molecule has 0 saturated heterocycles. The van der Waals surface area contributed by atoms with E-state index in [4.69, 9.17) is 9.52 Å². The number of carbonyl (C=O) groups excluding carboxylic acids is 1. The van der Waals surface area contributed by atoms with Crippen molar-refractivity contribution >= 4 is 17.6 Å². The molecule has 33 heavy (non-hydrogen) atoms. The first-order valence-electron chi connectivity index (χ1n) is 11.5. The quantitative estimate of drug-likeness (QED) is 0.518. The lowest BCUT2D eigenvalue weighted by Gasteiger charge is -2.51. The van der Waals surface area contributed by atoms with Crippen molar-refractivity contribution in [3.05, 3.63) is 66.1 Å². The number of amides is 1. The van der Waals surface area contributed by atoms with Gasteiger partial charge in [-0.05, 0) is 85.6 Å². The van der Waals surface area contributed by atoms with Crippen molar-refractivity contribution < 1.29 is 19.1 Å². The molecule has 3 aromatic rings. The maximum Gasteiger partial charge on any atom is 0.313 e. The number of carbonyl (C=O) groups is 2. The van der Waals surface area contributed by atoms with Gasteiger partial charge in [-0.1, -0.05) is 30.3 Å². The first-order valence-corrected chi connectivity index (χ1v) is 11.5. The second-order valence-electron chi connectivity index (χ2n) is 9.50. The van der Waals surface area contributed by atoms with Crippen LogP contribution < -0.4 is 5.32 Å². The van der Waals surface area contributed by atoms with Crippen LogP contribution in [0, 0.1) is 11.3 Å². The highest BCUT2D eigenvalue weighted by molar-refractivity contribution is 6.00. The van der Waals surface area contributed by atoms with Crippen LogP contribution in [0.25, 0.3) is 11.5 Å². The molecule has 1 spiro atoms. The highest BCUT2D eigenvalue weighted by atomic mass is 16.4. The highest BCUT2D eigenvalue weighted by Crippen LogP contribution is 2.57. The number of hydrogen-bond acceptors (Lipinski definition) is 5. The van der Waals surface area contributed by atoms with Crippen molar-refractivity contribution in [3.8, 4) is 11.5 Å². The topological polar surface area (TPSA) is 105 Å². The summed E-state index contributed by atoms with van der Waals surface area (Å²) < 4.78 is 5.52. The third-order valence-corrected chi connectivity index (χ3v) is 7.23. The van der Waals surface area contributed by atoms with Crippen molar-refractivity contribution in [3.63, 3.8) is 0 Å². The molecule has 7 nitrogen and oxygen atoms in total. The maximum atomic E-state index is 12.5. The predicted octanol–water partition coefficient (Wildman–Crippen LogP) is 5.52. The van der Waals surface area contributed by atoms with E-state index in [2.05, 4.69) is 27.6 Å². The SMILES string of the molecule is O=C(O)CC1CC2(CCC(c3ccc(NC(=O)c4nnc(-c5ccccc5)o4)cc3)CC2)C1. The van der Waals surface area contributed by atoms with Gasteiger partial charge in [-0.15, -0.1) is 10.2 Å². The lowest BCUT2D eigenvalue weighted by Crippen LogP contribution is -2.40. The number of carboxylic acids is 1. The predicted molar refractivity (Wildman–Crippen MR) is 123 cm³/mol. The molecule has 1 amide bonds. The Hall–Kier alpha value is -3.48. The zero-order chi connectivity index (χ0) is 22.8. The molecule has 2 fully saturated rings. The smallest absolute Gasteiger partial charge is 0.313 e. The Balaban J connectivity index is 1.14. The molecule has 170 valence electrons. The zero-order valence-electron chi connectivity index (χ0n) is 18.4. The van der Waals surface area contributed by atoms with Gasteiger partial charge in [0.05, 0.1) is 0 Å². The van der Waals surface area contributed by atoms with Gasteiger partial charge in [-0.3, -0.25) is 9.59 Å². The molecule has 2 N–H and O–H groups in total. The van der Waals surface area contributed by atoms with Crippen molar-refractivity contribution in [1.29, 1.82) is 0 Å². The van der Waals surface area contributed by atoms with Gasteiger partial charge in [0.25, 0.3) is 0 Å². The molecular formula is C26H27N3O4. The Morgan fingerprint density at radius 2 is 1.70 bits per heavy atom. The molecule has 0 unspecified atom stereocenters. The molecule has 2 aliphatic rings. The van der Waals surface area contributed by atoms with Crippen molar-refractivity contribution in [2.24, 2.45) is 11.3 Å². The summed E-state index contributed by atoms with van der Waals surface area (Å²) in [6.07, 6.45) is 7.07. The fourth-order valence-corrected chi connectivity index (χ4v) is 5.56. The third-order valence-electron chi connectivity index (χ3n) is 7.23. The van der Waals surface area contributed by atoms with E-state index in [-0.39, 0.29) is 5.89 Å². The molecule has 5 rings (SSSR count). The third kappa shape index (κ3) is 4.67. The molecule has 2 aromatic carbocycles. The highest BCUT2D eigenvalue weighted by Gasteiger charge is 2.46. The van der Waals surface area contributed by atoms with E-state index < -0.39 is 11.9 Å². The summed E-state index contributed by atoms with van der Waals surface area (Å²) >= 11 is 0. The molecule has 0 aliphatic heterocycles. The molecular weight excluding hydrogens is 418 g/mol. The first kappa shape index (κ1) is 21.4. The summed E-state index contributed by atoms with van der Waals surface area (Å²) in [5, 5.41) is 19.6. The molecule has 2 aliphatic carbocycles. The molecule has 0 radical (unpaired) electrons. The lowest BCUT2D eigenvalue weighted by molar-refractivity contribution is -0.140. The Kier molecular flexibility index (Phi) is 5.70. The van der Waals surface area contributed by atoms with Crippen molar-refractivity contribution in [2.45, 2.75) is 50.9 Å². The van der Waals surface area contributed by atoms with Gasteiger partial charge < -0.3 is 14.8 Å². The van der Waals surface area contributed by atoms with Crippen molar-refractivity contribution in [1.82, 2.24) is 10.2 Å². The van der Waals surface area contributed by atoms with Gasteiger partial charge in [-0.25, -0.2) is 0 Å². The standard InChI is InChI=1S/C26H27N3O4/c30-22(31)14-17-15-26(16-17)12-10-19(11-13-26)18-6-8-21(9-7-18)27-23(32)25-29-28-24(33-25)20-4-2-1-3-5-20/h1-9,17,19H,10-16H2,(H,27,32)(H,30,31). The minimum absolute atomic E-state index is 0.0720. The van der Waals surface area contributed by atoms with E-state index in [0.29, 0.717) is 35.2 Å². The molecule has 2 saturated carbocycles. The second kappa shape index (κ2) is 8.81. The largest absolute Gasteiger partial charge is 0.481 e. The summed E-state index contributed by atoms with van der Waals surface area (Å²) in [7, 11) is 0. The number of hydrogen-bond donors (Lipinski definition) is 2.